The predicted octanol–water partition coefficient (Wildman–Crippen LogP) is 3.40. The molecule has 1 N–H and O–H groups in total. The average Bonchev–Trinajstić information content (AvgIpc) is 3.79. The number of hydrogen-bond acceptors (Lipinski definition) is 8. The van der Waals surface area contributed by atoms with Gasteiger partial charge in [-0.15, -0.1) is 0 Å². The first-order valence-corrected chi connectivity index (χ1v) is 14.1. The van der Waals surface area contributed by atoms with Crippen LogP contribution in [-0.2, 0) is 16.1 Å². The van der Waals surface area contributed by atoms with E-state index in [4.69, 9.17) is 19.4 Å². The van der Waals surface area contributed by atoms with Crippen LogP contribution in [0.5, 0.6) is 5.75 Å². The molecule has 1 aliphatic carbocycles. The van der Waals surface area contributed by atoms with Gasteiger partial charge in [0.15, 0.2) is 5.75 Å². The van der Waals surface area contributed by atoms with E-state index < -0.39 is 0 Å². The number of rotatable bonds is 5. The van der Waals surface area contributed by atoms with Crippen LogP contribution in [0.1, 0.15) is 54.5 Å². The maximum absolute atomic E-state index is 11.8. The topological polar surface area (TPSA) is 83.1 Å². The Hall–Kier alpha value is -3.17. The van der Waals surface area contributed by atoms with Crippen molar-refractivity contribution in [1.29, 1.82) is 0 Å². The van der Waals surface area contributed by atoms with Crippen molar-refractivity contribution in [3.8, 4) is 5.75 Å². The first kappa shape index (κ1) is 23.9. The summed E-state index contributed by atoms with van der Waals surface area (Å²) in [5.74, 6) is 2.74. The van der Waals surface area contributed by atoms with Gasteiger partial charge in [0.1, 0.15) is 12.4 Å². The molecule has 9 nitrogen and oxygen atoms in total. The number of ether oxygens (including phenoxy) is 2. The third kappa shape index (κ3) is 4.41. The molecule has 0 unspecified atom stereocenters. The number of pyridine rings is 2. The van der Waals surface area contributed by atoms with Gasteiger partial charge in [0.25, 0.3) is 0 Å². The van der Waals surface area contributed by atoms with Gasteiger partial charge in [-0.2, -0.15) is 0 Å². The van der Waals surface area contributed by atoms with Crippen LogP contribution in [0.15, 0.2) is 31.0 Å². The molecule has 0 bridgehead atoms. The molecule has 9 heteroatoms. The number of amides is 1. The van der Waals surface area contributed by atoms with Crippen molar-refractivity contribution < 1.29 is 14.3 Å². The number of nitrogens with zero attached hydrogens (tertiary/aromatic N) is 5. The van der Waals surface area contributed by atoms with Crippen molar-refractivity contribution in [2.24, 2.45) is 0 Å². The minimum absolute atomic E-state index is 0.0424. The zero-order valence-electron chi connectivity index (χ0n) is 21.9. The highest BCUT2D eigenvalue weighted by Crippen LogP contribution is 2.49. The molecule has 1 saturated carbocycles. The lowest BCUT2D eigenvalue weighted by atomic mass is 9.90. The summed E-state index contributed by atoms with van der Waals surface area (Å²) in [6.07, 6.45) is 7.83. The van der Waals surface area contributed by atoms with Crippen LogP contribution in [0.2, 0.25) is 0 Å². The maximum atomic E-state index is 11.8. The quantitative estimate of drug-likeness (QED) is 0.606. The Kier molecular flexibility index (Phi) is 6.20. The molecule has 0 aromatic carbocycles. The van der Waals surface area contributed by atoms with Crippen LogP contribution < -0.4 is 15.0 Å². The van der Waals surface area contributed by atoms with Crippen molar-refractivity contribution >= 4 is 23.1 Å². The second-order valence-corrected chi connectivity index (χ2v) is 11.2. The molecule has 0 spiro atoms. The summed E-state index contributed by atoms with van der Waals surface area (Å²) < 4.78 is 12.1. The first-order valence-electron chi connectivity index (χ1n) is 14.1. The van der Waals surface area contributed by atoms with Crippen molar-refractivity contribution in [3.05, 3.63) is 47.9 Å². The molecule has 200 valence electrons. The lowest BCUT2D eigenvalue weighted by molar-refractivity contribution is -0.133. The van der Waals surface area contributed by atoms with Crippen molar-refractivity contribution in [1.82, 2.24) is 19.8 Å². The van der Waals surface area contributed by atoms with Crippen LogP contribution in [-0.4, -0.2) is 84.2 Å². The van der Waals surface area contributed by atoms with Crippen LogP contribution >= 0.6 is 0 Å². The van der Waals surface area contributed by atoms with Gasteiger partial charge >= 0.3 is 0 Å². The summed E-state index contributed by atoms with van der Waals surface area (Å²) in [6.45, 7) is 11.1. The van der Waals surface area contributed by atoms with E-state index in [0.717, 1.165) is 93.8 Å². The molecule has 2 aromatic rings. The SMILES string of the molecule is C=CC(=O)N1CC(N2CCC(c3cc4c(c(C5CC5)n3)OCc3c(N5CCOCC5)ccnc3N4)CC2)C1. The van der Waals surface area contributed by atoms with Crippen LogP contribution in [0.4, 0.5) is 17.2 Å². The number of nitrogens with one attached hydrogen (secondary N) is 1. The van der Waals surface area contributed by atoms with Crippen molar-refractivity contribution in [3.63, 3.8) is 0 Å². The van der Waals surface area contributed by atoms with Crippen LogP contribution in [0.25, 0.3) is 0 Å². The molecule has 1 amide bonds. The van der Waals surface area contributed by atoms with Gasteiger partial charge in [-0.1, -0.05) is 6.58 Å². The largest absolute Gasteiger partial charge is 0.485 e. The Balaban J connectivity index is 1.10. The van der Waals surface area contributed by atoms with Crippen LogP contribution in [0.3, 0.4) is 0 Å². The number of aromatic nitrogens is 2. The summed E-state index contributed by atoms with van der Waals surface area (Å²) in [4.78, 5) is 28.6. The summed E-state index contributed by atoms with van der Waals surface area (Å²) in [7, 11) is 0. The van der Waals surface area contributed by atoms with Crippen molar-refractivity contribution in [2.45, 2.75) is 50.2 Å². The Morgan fingerprint density at radius 1 is 1.08 bits per heavy atom. The van der Waals surface area contributed by atoms with E-state index in [1.54, 1.807) is 0 Å². The predicted molar refractivity (Wildman–Crippen MR) is 145 cm³/mol. The summed E-state index contributed by atoms with van der Waals surface area (Å²) >= 11 is 0. The van der Waals surface area contributed by atoms with Gasteiger partial charge in [-0.25, -0.2) is 4.98 Å². The second-order valence-electron chi connectivity index (χ2n) is 11.2. The first-order chi connectivity index (χ1) is 18.7. The number of morpholine rings is 1. The lowest BCUT2D eigenvalue weighted by Crippen LogP contribution is -2.61. The highest BCUT2D eigenvalue weighted by molar-refractivity contribution is 5.87. The molecule has 2 aromatic heterocycles. The molecule has 7 rings (SSSR count). The number of hydrogen-bond donors (Lipinski definition) is 1. The second kappa shape index (κ2) is 9.85. The van der Waals surface area contributed by atoms with E-state index in [1.165, 1.54) is 30.3 Å². The zero-order chi connectivity index (χ0) is 25.6. The van der Waals surface area contributed by atoms with Crippen molar-refractivity contribution in [2.75, 3.05) is 62.7 Å². The fraction of sp³-hybridized carbons (Fsp3) is 0.552. The number of anilines is 3. The van der Waals surface area contributed by atoms with Gasteiger partial charge in [0.05, 0.1) is 30.2 Å². The van der Waals surface area contributed by atoms with Gasteiger partial charge in [0.2, 0.25) is 5.91 Å². The zero-order valence-corrected chi connectivity index (χ0v) is 21.9. The maximum Gasteiger partial charge on any atom is 0.246 e. The highest BCUT2D eigenvalue weighted by atomic mass is 16.5. The normalized spacial score (nSPS) is 22.4. The molecular formula is C29H36N6O3. The standard InChI is InChI=1S/C29H36N6O3/c1-2-26(36)35-16-21(17-35)33-9-6-19(7-10-33)23-15-24-28(27(31-23)20-3-4-20)38-18-22-25(5-8-30-29(22)32-24)34-11-13-37-14-12-34/h2,5,8,15,19-21H,1,3-4,6-7,9-14,16-18H2,(H,30,32). The Bertz CT molecular complexity index is 1230. The molecule has 0 atom stereocenters. The van der Waals surface area contributed by atoms with E-state index in [0.29, 0.717) is 24.5 Å². The lowest BCUT2D eigenvalue weighted by Gasteiger charge is -2.47. The number of carbonyl (C=O) groups excluding carboxylic acids is 1. The smallest absolute Gasteiger partial charge is 0.246 e. The number of carbonyl (C=O) groups is 1. The Labute approximate surface area is 223 Å². The minimum Gasteiger partial charge on any atom is -0.485 e. The van der Waals surface area contributed by atoms with E-state index >= 15 is 0 Å². The monoisotopic (exact) mass is 516 g/mol. The van der Waals surface area contributed by atoms with E-state index in [2.05, 4.69) is 33.8 Å². The fourth-order valence-electron chi connectivity index (χ4n) is 6.32. The number of fused-ring (bicyclic) bond motifs is 2. The third-order valence-electron chi connectivity index (χ3n) is 8.79. The number of piperidine rings is 1. The molecule has 3 saturated heterocycles. The summed E-state index contributed by atoms with van der Waals surface area (Å²) in [5, 5.41) is 3.66. The molecule has 5 aliphatic rings. The molecule has 6 heterocycles. The molecular weight excluding hydrogens is 480 g/mol. The average molecular weight is 517 g/mol. The fourth-order valence-corrected chi connectivity index (χ4v) is 6.32. The Morgan fingerprint density at radius 3 is 2.61 bits per heavy atom. The van der Waals surface area contributed by atoms with E-state index in [-0.39, 0.29) is 5.91 Å². The molecule has 4 fully saturated rings. The minimum atomic E-state index is 0.0424. The van der Waals surface area contributed by atoms with Gasteiger partial charge in [0, 0.05) is 61.6 Å². The summed E-state index contributed by atoms with van der Waals surface area (Å²) in [5.41, 5.74) is 5.57. The molecule has 0 radical (unpaired) electrons. The van der Waals surface area contributed by atoms with Gasteiger partial charge in [-0.3, -0.25) is 14.7 Å². The molecule has 4 aliphatic heterocycles. The van der Waals surface area contributed by atoms with Gasteiger partial charge in [-0.05, 0) is 57.0 Å². The third-order valence-corrected chi connectivity index (χ3v) is 8.79. The molecule has 38 heavy (non-hydrogen) atoms. The van der Waals surface area contributed by atoms with E-state index in [9.17, 15) is 4.79 Å². The van der Waals surface area contributed by atoms with Crippen LogP contribution in [0, 0.1) is 0 Å². The Morgan fingerprint density at radius 2 is 1.87 bits per heavy atom. The van der Waals surface area contributed by atoms with E-state index in [1.807, 2.05) is 11.1 Å². The summed E-state index contributed by atoms with van der Waals surface area (Å²) in [6, 6.07) is 4.78. The van der Waals surface area contributed by atoms with Gasteiger partial charge < -0.3 is 24.6 Å². The highest BCUT2D eigenvalue weighted by Gasteiger charge is 2.37. The number of likely N-dealkylation sites (tertiary alicyclic amines) is 2.